The predicted molar refractivity (Wildman–Crippen MR) is 58.0 cm³/mol. The number of nitrogens with one attached hydrogen (secondary N) is 1. The highest BCUT2D eigenvalue weighted by Gasteiger charge is 2.07. The molecule has 0 amide bonds. The fraction of sp³-hybridized carbons (Fsp3) is 0.200. The van der Waals surface area contributed by atoms with E-state index < -0.39 is 0 Å². The average molecular weight is 242 g/mol. The lowest BCUT2D eigenvalue weighted by molar-refractivity contribution is 0.627. The van der Waals surface area contributed by atoms with E-state index in [9.17, 15) is 9.18 Å². The van der Waals surface area contributed by atoms with Crippen LogP contribution in [-0.2, 0) is 13.5 Å². The first-order valence-electron chi connectivity index (χ1n) is 4.62. The minimum Gasteiger partial charge on any atom is -0.292 e. The molecule has 84 valence electrons. The van der Waals surface area contributed by atoms with Crippen molar-refractivity contribution in [1.29, 1.82) is 0 Å². The van der Waals surface area contributed by atoms with Gasteiger partial charge in [0.05, 0.1) is 0 Å². The van der Waals surface area contributed by atoms with E-state index in [0.29, 0.717) is 17.3 Å². The zero-order chi connectivity index (χ0) is 11.7. The van der Waals surface area contributed by atoms with E-state index >= 15 is 0 Å². The molecule has 16 heavy (non-hydrogen) atoms. The molecular formula is C10H9ClFN3O. The number of halogens is 2. The van der Waals surface area contributed by atoms with Gasteiger partial charge in [-0.15, -0.1) is 0 Å². The van der Waals surface area contributed by atoms with Crippen LogP contribution in [0.3, 0.4) is 0 Å². The van der Waals surface area contributed by atoms with Gasteiger partial charge < -0.3 is 0 Å². The second kappa shape index (κ2) is 4.09. The summed E-state index contributed by atoms with van der Waals surface area (Å²) in [7, 11) is 1.55. The van der Waals surface area contributed by atoms with Crippen molar-refractivity contribution in [3.63, 3.8) is 0 Å². The highest BCUT2D eigenvalue weighted by atomic mass is 35.5. The number of hydrogen-bond acceptors (Lipinski definition) is 2. The summed E-state index contributed by atoms with van der Waals surface area (Å²) in [5, 5.41) is 4.29. The van der Waals surface area contributed by atoms with Crippen molar-refractivity contribution in [2.45, 2.75) is 6.42 Å². The normalized spacial score (nSPS) is 10.7. The summed E-state index contributed by atoms with van der Waals surface area (Å²) in [6, 6.07) is 4.13. The first-order valence-corrected chi connectivity index (χ1v) is 5.00. The number of aromatic nitrogens is 3. The molecule has 0 unspecified atom stereocenters. The van der Waals surface area contributed by atoms with Gasteiger partial charge in [0.2, 0.25) is 0 Å². The largest absolute Gasteiger partial charge is 0.343 e. The molecule has 4 nitrogen and oxygen atoms in total. The van der Waals surface area contributed by atoms with E-state index in [1.54, 1.807) is 13.1 Å². The molecule has 0 bridgehead atoms. The summed E-state index contributed by atoms with van der Waals surface area (Å²) >= 11 is 5.86. The van der Waals surface area contributed by atoms with Gasteiger partial charge in [-0.25, -0.2) is 13.9 Å². The molecule has 1 aromatic heterocycles. The quantitative estimate of drug-likeness (QED) is 0.866. The number of rotatable bonds is 2. The summed E-state index contributed by atoms with van der Waals surface area (Å²) in [5.41, 5.74) is 0.436. The molecule has 6 heteroatoms. The molecule has 0 spiro atoms. The van der Waals surface area contributed by atoms with Gasteiger partial charge in [-0.1, -0.05) is 17.7 Å². The van der Waals surface area contributed by atoms with Crippen molar-refractivity contribution in [1.82, 2.24) is 14.8 Å². The Morgan fingerprint density at radius 2 is 2.31 bits per heavy atom. The van der Waals surface area contributed by atoms with Gasteiger partial charge in [0, 0.05) is 18.5 Å². The maximum Gasteiger partial charge on any atom is 0.343 e. The van der Waals surface area contributed by atoms with Crippen LogP contribution in [0.25, 0.3) is 0 Å². The Labute approximate surface area is 95.7 Å². The second-order valence-electron chi connectivity index (χ2n) is 3.41. The molecule has 0 atom stereocenters. The Morgan fingerprint density at radius 3 is 2.88 bits per heavy atom. The van der Waals surface area contributed by atoms with Crippen LogP contribution in [0.5, 0.6) is 0 Å². The molecule has 0 fully saturated rings. The Balaban J connectivity index is 2.30. The van der Waals surface area contributed by atoms with Crippen LogP contribution in [0.1, 0.15) is 11.4 Å². The highest BCUT2D eigenvalue weighted by Crippen LogP contribution is 2.18. The molecular weight excluding hydrogens is 233 g/mol. The van der Waals surface area contributed by atoms with Crippen molar-refractivity contribution in [2.24, 2.45) is 7.05 Å². The van der Waals surface area contributed by atoms with E-state index in [2.05, 4.69) is 10.1 Å². The fourth-order valence-corrected chi connectivity index (χ4v) is 1.61. The molecule has 1 aromatic carbocycles. The van der Waals surface area contributed by atoms with Gasteiger partial charge in [0.25, 0.3) is 0 Å². The van der Waals surface area contributed by atoms with Crippen LogP contribution in [0.4, 0.5) is 4.39 Å². The summed E-state index contributed by atoms with van der Waals surface area (Å²) in [6.07, 6.45) is 0.370. The first kappa shape index (κ1) is 10.9. The van der Waals surface area contributed by atoms with Gasteiger partial charge >= 0.3 is 5.69 Å². The number of H-pyrrole nitrogens is 1. The van der Waals surface area contributed by atoms with Gasteiger partial charge in [-0.2, -0.15) is 5.10 Å². The van der Waals surface area contributed by atoms with Crippen molar-refractivity contribution in [3.8, 4) is 0 Å². The zero-order valence-corrected chi connectivity index (χ0v) is 9.25. The molecule has 2 rings (SSSR count). The Hall–Kier alpha value is -1.62. The van der Waals surface area contributed by atoms with Crippen molar-refractivity contribution in [3.05, 3.63) is 50.9 Å². The fourth-order valence-electron chi connectivity index (χ4n) is 1.38. The van der Waals surface area contributed by atoms with Crippen LogP contribution >= 0.6 is 11.6 Å². The third kappa shape index (κ3) is 2.14. The summed E-state index contributed by atoms with van der Waals surface area (Å²) in [5.74, 6) is 0.115. The van der Waals surface area contributed by atoms with Crippen LogP contribution < -0.4 is 5.69 Å². The van der Waals surface area contributed by atoms with Crippen molar-refractivity contribution in [2.75, 3.05) is 0 Å². The molecule has 2 aromatic rings. The minimum absolute atomic E-state index is 0.284. The Morgan fingerprint density at radius 1 is 1.56 bits per heavy atom. The van der Waals surface area contributed by atoms with E-state index in [4.69, 9.17) is 11.6 Å². The predicted octanol–water partition coefficient (Wildman–Crippen LogP) is 1.49. The van der Waals surface area contributed by atoms with E-state index in [0.717, 1.165) is 5.56 Å². The maximum absolute atomic E-state index is 12.8. The first-order chi connectivity index (χ1) is 7.56. The SMILES string of the molecule is Cn1nc(Cc2ccc(F)cc2Cl)[nH]c1=O. The third-order valence-corrected chi connectivity index (χ3v) is 2.54. The van der Waals surface area contributed by atoms with Gasteiger partial charge in [-0.3, -0.25) is 4.98 Å². The molecule has 1 heterocycles. The van der Waals surface area contributed by atoms with Crippen LogP contribution in [0.15, 0.2) is 23.0 Å². The van der Waals surface area contributed by atoms with E-state index in [1.807, 2.05) is 0 Å². The topological polar surface area (TPSA) is 50.7 Å². The monoisotopic (exact) mass is 241 g/mol. The third-order valence-electron chi connectivity index (χ3n) is 2.19. The standard InChI is InChI=1S/C10H9ClFN3O/c1-15-10(16)13-9(14-15)4-6-2-3-7(12)5-8(6)11/h2-3,5H,4H2,1H3,(H,13,14,16). The van der Waals surface area contributed by atoms with Crippen molar-refractivity contribution >= 4 is 11.6 Å². The lowest BCUT2D eigenvalue weighted by Crippen LogP contribution is -2.13. The smallest absolute Gasteiger partial charge is 0.292 e. The number of benzene rings is 1. The van der Waals surface area contributed by atoms with Gasteiger partial charge in [-0.05, 0) is 17.7 Å². The summed E-state index contributed by atoms with van der Waals surface area (Å²) in [6.45, 7) is 0. The van der Waals surface area contributed by atoms with Crippen LogP contribution in [-0.4, -0.2) is 14.8 Å². The Bertz CT molecular complexity index is 576. The van der Waals surface area contributed by atoms with Crippen molar-refractivity contribution < 1.29 is 4.39 Å². The molecule has 0 saturated carbocycles. The number of hydrogen-bond donors (Lipinski definition) is 1. The molecule has 0 aliphatic rings. The molecule has 1 N–H and O–H groups in total. The number of aryl methyl sites for hydroxylation is 1. The summed E-state index contributed by atoms with van der Waals surface area (Å²) in [4.78, 5) is 13.7. The van der Waals surface area contributed by atoms with E-state index in [1.165, 1.54) is 16.8 Å². The lowest BCUT2D eigenvalue weighted by atomic mass is 10.1. The number of nitrogens with zero attached hydrogens (tertiary/aromatic N) is 2. The number of aromatic amines is 1. The molecule has 0 aliphatic carbocycles. The van der Waals surface area contributed by atoms with Crippen LogP contribution in [0, 0.1) is 5.82 Å². The lowest BCUT2D eigenvalue weighted by Gasteiger charge is -2.01. The minimum atomic E-state index is -0.386. The second-order valence-corrected chi connectivity index (χ2v) is 3.82. The molecule has 0 radical (unpaired) electrons. The molecule has 0 saturated heterocycles. The Kier molecular flexibility index (Phi) is 2.78. The average Bonchev–Trinajstić information content (AvgIpc) is 2.51. The van der Waals surface area contributed by atoms with Crippen LogP contribution in [0.2, 0.25) is 5.02 Å². The van der Waals surface area contributed by atoms with Gasteiger partial charge in [0.1, 0.15) is 11.6 Å². The maximum atomic E-state index is 12.8. The molecule has 0 aliphatic heterocycles. The summed E-state index contributed by atoms with van der Waals surface area (Å²) < 4.78 is 14.0. The zero-order valence-electron chi connectivity index (χ0n) is 8.50. The van der Waals surface area contributed by atoms with E-state index in [-0.39, 0.29) is 11.5 Å². The highest BCUT2D eigenvalue weighted by molar-refractivity contribution is 6.31. The van der Waals surface area contributed by atoms with Gasteiger partial charge in [0.15, 0.2) is 0 Å².